The summed E-state index contributed by atoms with van der Waals surface area (Å²) in [5, 5.41) is 42.0. The van der Waals surface area contributed by atoms with Gasteiger partial charge in [-0.1, -0.05) is 48.5 Å². The molecule has 0 bridgehead atoms. The zero-order chi connectivity index (χ0) is 38.9. The molecule has 56 heavy (non-hydrogen) atoms. The first-order chi connectivity index (χ1) is 27.0. The van der Waals surface area contributed by atoms with Crippen molar-refractivity contribution < 1.29 is 47.1 Å². The van der Waals surface area contributed by atoms with Gasteiger partial charge >= 0.3 is 6.29 Å². The molecule has 9 rings (SSSR count). The quantitative estimate of drug-likeness (QED) is 0.149. The summed E-state index contributed by atoms with van der Waals surface area (Å²) < 4.78 is 51.4. The van der Waals surface area contributed by atoms with Crippen LogP contribution in [0.4, 0.5) is 20.2 Å². The Morgan fingerprint density at radius 2 is 1.32 bits per heavy atom. The molecule has 2 aliphatic rings. The number of rotatable bonds is 7. The predicted molar refractivity (Wildman–Crippen MR) is 194 cm³/mol. The second-order valence-electron chi connectivity index (χ2n) is 13.0. The van der Waals surface area contributed by atoms with Crippen LogP contribution in [0.5, 0.6) is 11.5 Å². The summed E-state index contributed by atoms with van der Waals surface area (Å²) in [5.74, 6) is -1.43. The Labute approximate surface area is 314 Å². The molecular weight excluding hydrogens is 734 g/mol. The second-order valence-corrected chi connectivity index (χ2v) is 13.0. The highest BCUT2D eigenvalue weighted by atomic mass is 19.3. The zero-order valence-electron chi connectivity index (χ0n) is 28.7. The van der Waals surface area contributed by atoms with Crippen molar-refractivity contribution in [2.75, 3.05) is 17.0 Å². The fraction of sp³-hybridized carbons (Fsp3) is 0.100. The van der Waals surface area contributed by atoms with Gasteiger partial charge in [-0.3, -0.25) is 24.6 Å². The van der Waals surface area contributed by atoms with E-state index in [1.165, 1.54) is 82.3 Å². The predicted octanol–water partition coefficient (Wildman–Crippen LogP) is 8.35. The zero-order valence-corrected chi connectivity index (χ0v) is 28.7. The summed E-state index contributed by atoms with van der Waals surface area (Å²) in [6.45, 7) is 0.118. The average molecular weight is 761 g/mol. The lowest BCUT2D eigenvalue weighted by Crippen LogP contribution is -2.41. The van der Waals surface area contributed by atoms with Gasteiger partial charge in [0.15, 0.2) is 23.0 Å². The minimum absolute atomic E-state index is 0.0530. The van der Waals surface area contributed by atoms with Crippen LogP contribution in [0.1, 0.15) is 44.0 Å². The molecule has 282 valence electrons. The number of alkyl halides is 2. The van der Waals surface area contributed by atoms with Gasteiger partial charge in [0.2, 0.25) is 0 Å². The molecule has 1 amide bonds. The first kappa shape index (κ1) is 34.8. The largest absolute Gasteiger partial charge is 0.733 e. The molecule has 0 aliphatic carbocycles. The van der Waals surface area contributed by atoms with E-state index in [0.29, 0.717) is 27.9 Å². The summed E-state index contributed by atoms with van der Waals surface area (Å²) in [6.07, 6.45) is -3.63. The number of carbonyl (C=O) groups excluding carboxylic acids is 2. The van der Waals surface area contributed by atoms with Gasteiger partial charge in [-0.05, 0) is 84.3 Å². The molecular formula is C40H26F2N4O10-2. The number of aromatic nitrogens is 1. The summed E-state index contributed by atoms with van der Waals surface area (Å²) >= 11 is 0. The van der Waals surface area contributed by atoms with Crippen molar-refractivity contribution in [3.8, 4) is 34.1 Å². The smallest absolute Gasteiger partial charge is 0.586 e. The molecule has 16 heteroatoms. The van der Waals surface area contributed by atoms with Gasteiger partial charge < -0.3 is 44.1 Å². The first-order valence-electron chi connectivity index (χ1n) is 17.1. The van der Waals surface area contributed by atoms with Gasteiger partial charge in [0.05, 0.1) is 28.6 Å². The highest BCUT2D eigenvalue weighted by Gasteiger charge is 2.45. The standard InChI is InChI=1S/C40H26F2N4O10/c41-40(42)55-32-12-11-24(21-35(32)56-40)36-37-28(17-18-43(36)38(47)33-15-13-30(53-33)22-5-3-7-25(19-22)45(49)50)27-9-1-2-10-29(27)44(37)39(48)34-16-14-31(54-34)23-6-4-8-26(20-23)46(51)52/h1-16,19-21,36,49,51H,17-18H2/q-2. The number of nitrogens with zero attached hydrogens (tertiary/aromatic N) is 4. The van der Waals surface area contributed by atoms with Gasteiger partial charge in [-0.15, -0.1) is 8.78 Å². The van der Waals surface area contributed by atoms with Crippen LogP contribution >= 0.6 is 0 Å². The SMILES string of the molecule is O=C(c1ccc(-c2cccc(N([O-])O)c2)o1)N1CCc2c(n(C(=O)c3ccc(-c4cccc(N([O-])O)c4)o3)c3ccccc23)C1c1ccc2c(c1)OC(F)(F)O2. The fourth-order valence-corrected chi connectivity index (χ4v) is 7.32. The Balaban J connectivity index is 1.17. The molecule has 14 nitrogen and oxygen atoms in total. The maximum absolute atomic E-state index is 14.7. The van der Waals surface area contributed by atoms with Crippen molar-refractivity contribution >= 4 is 34.1 Å². The summed E-state index contributed by atoms with van der Waals surface area (Å²) in [4.78, 5) is 30.7. The highest BCUT2D eigenvalue weighted by molar-refractivity contribution is 6.04. The van der Waals surface area contributed by atoms with E-state index in [2.05, 4.69) is 4.74 Å². The molecule has 0 radical (unpaired) electrons. The highest BCUT2D eigenvalue weighted by Crippen LogP contribution is 2.47. The van der Waals surface area contributed by atoms with E-state index in [1.807, 2.05) is 12.1 Å². The Hall–Kier alpha value is -6.98. The Morgan fingerprint density at radius 3 is 1.96 bits per heavy atom. The number of fused-ring (bicyclic) bond motifs is 4. The maximum atomic E-state index is 14.7. The van der Waals surface area contributed by atoms with Crippen molar-refractivity contribution in [1.29, 1.82) is 0 Å². The van der Waals surface area contributed by atoms with E-state index >= 15 is 0 Å². The van der Waals surface area contributed by atoms with Crippen LogP contribution < -0.4 is 19.9 Å². The lowest BCUT2D eigenvalue weighted by molar-refractivity contribution is -0.286. The third-order valence-corrected chi connectivity index (χ3v) is 9.74. The van der Waals surface area contributed by atoms with Crippen LogP contribution in [0.25, 0.3) is 33.6 Å². The van der Waals surface area contributed by atoms with Crippen molar-refractivity contribution in [3.63, 3.8) is 0 Å². The fourth-order valence-electron chi connectivity index (χ4n) is 7.32. The summed E-state index contributed by atoms with van der Waals surface area (Å²) in [6, 6.07) is 28.1. The number of benzene rings is 4. The normalized spacial score (nSPS) is 15.5. The van der Waals surface area contributed by atoms with E-state index in [-0.39, 0.29) is 69.3 Å². The maximum Gasteiger partial charge on any atom is 0.586 e. The lowest BCUT2D eigenvalue weighted by atomic mass is 9.91. The topological polar surface area (TPSA) is 180 Å². The van der Waals surface area contributed by atoms with Crippen LogP contribution in [-0.2, 0) is 6.42 Å². The van der Waals surface area contributed by atoms with E-state index in [9.17, 15) is 39.2 Å². The minimum atomic E-state index is -3.92. The van der Waals surface area contributed by atoms with E-state index in [4.69, 9.17) is 13.6 Å². The first-order valence-corrected chi connectivity index (χ1v) is 17.1. The number of hydrogen-bond acceptors (Lipinski definition) is 12. The Kier molecular flexibility index (Phi) is 8.13. The van der Waals surface area contributed by atoms with Crippen LogP contribution in [0.2, 0.25) is 0 Å². The van der Waals surface area contributed by atoms with Crippen molar-refractivity contribution in [3.05, 3.63) is 154 Å². The molecule has 5 heterocycles. The third-order valence-electron chi connectivity index (χ3n) is 9.74. The molecule has 3 aromatic heterocycles. The van der Waals surface area contributed by atoms with Crippen LogP contribution in [0.3, 0.4) is 0 Å². The molecule has 1 atom stereocenters. The molecule has 0 spiro atoms. The minimum Gasteiger partial charge on any atom is -0.733 e. The lowest BCUT2D eigenvalue weighted by Gasteiger charge is -2.36. The van der Waals surface area contributed by atoms with Crippen molar-refractivity contribution in [1.82, 2.24) is 9.47 Å². The Morgan fingerprint density at radius 1 is 0.714 bits per heavy atom. The second kappa shape index (κ2) is 13.1. The van der Waals surface area contributed by atoms with Gasteiger partial charge in [0, 0.05) is 23.1 Å². The summed E-state index contributed by atoms with van der Waals surface area (Å²) in [5.41, 5.74) is 2.61. The molecule has 1 unspecified atom stereocenters. The van der Waals surface area contributed by atoms with E-state index < -0.39 is 24.2 Å². The number of ether oxygens (including phenoxy) is 2. The number of hydrogen-bond donors (Lipinski definition) is 2. The van der Waals surface area contributed by atoms with Gasteiger partial charge in [-0.2, -0.15) is 0 Å². The molecule has 0 saturated heterocycles. The molecule has 0 fully saturated rings. The molecule has 0 saturated carbocycles. The number of para-hydroxylation sites is 1. The average Bonchev–Trinajstić information content (AvgIpc) is 4.01. The van der Waals surface area contributed by atoms with Gasteiger partial charge in [0.1, 0.15) is 11.5 Å². The van der Waals surface area contributed by atoms with Crippen molar-refractivity contribution in [2.45, 2.75) is 18.8 Å². The molecule has 2 aliphatic heterocycles. The number of anilines is 2. The third kappa shape index (κ3) is 5.89. The monoisotopic (exact) mass is 760 g/mol. The molecule has 4 aromatic carbocycles. The Bertz CT molecular complexity index is 2680. The van der Waals surface area contributed by atoms with Gasteiger partial charge in [-0.25, -0.2) is 0 Å². The number of amides is 1. The number of carbonyl (C=O) groups is 2. The van der Waals surface area contributed by atoms with E-state index in [1.54, 1.807) is 30.3 Å². The number of furan rings is 2. The van der Waals surface area contributed by atoms with Crippen LogP contribution in [0, 0.1) is 10.4 Å². The van der Waals surface area contributed by atoms with Crippen molar-refractivity contribution in [2.24, 2.45) is 0 Å². The van der Waals surface area contributed by atoms with Crippen LogP contribution in [0.15, 0.2) is 124 Å². The van der Waals surface area contributed by atoms with Crippen LogP contribution in [-0.4, -0.2) is 44.5 Å². The molecule has 7 aromatic rings. The van der Waals surface area contributed by atoms with Gasteiger partial charge in [0.25, 0.3) is 11.8 Å². The summed E-state index contributed by atoms with van der Waals surface area (Å²) in [7, 11) is 0. The number of halogens is 2. The molecule has 2 N–H and O–H groups in total. The van der Waals surface area contributed by atoms with E-state index in [0.717, 1.165) is 10.9 Å².